The highest BCUT2D eigenvalue weighted by molar-refractivity contribution is 7.13. The monoisotopic (exact) mass is 231 g/mol. The summed E-state index contributed by atoms with van der Waals surface area (Å²) < 4.78 is 0. The van der Waals surface area contributed by atoms with E-state index in [0.29, 0.717) is 6.42 Å². The molecule has 0 atom stereocenters. The maximum Gasteiger partial charge on any atom is 0.123 e. The minimum absolute atomic E-state index is 0.553. The second-order valence-electron chi connectivity index (χ2n) is 3.72. The first-order valence-corrected chi connectivity index (χ1v) is 6.12. The molecular weight excluding hydrogens is 218 g/mol. The number of benzene rings is 1. The van der Waals surface area contributed by atoms with Gasteiger partial charge in [-0.05, 0) is 13.3 Å². The van der Waals surface area contributed by atoms with Crippen LogP contribution >= 0.6 is 11.3 Å². The molecule has 3 heteroatoms. The molecule has 0 aliphatic rings. The first-order chi connectivity index (χ1) is 7.79. The maximum atomic E-state index is 10.3. The van der Waals surface area contributed by atoms with Gasteiger partial charge in [-0.3, -0.25) is 0 Å². The molecule has 82 valence electrons. The topological polar surface area (TPSA) is 30.0 Å². The minimum Gasteiger partial charge on any atom is -0.303 e. The summed E-state index contributed by atoms with van der Waals surface area (Å²) in [4.78, 5) is 14.8. The van der Waals surface area contributed by atoms with Crippen molar-refractivity contribution in [3.05, 3.63) is 40.9 Å². The summed E-state index contributed by atoms with van der Waals surface area (Å²) in [6.07, 6.45) is 2.23. The van der Waals surface area contributed by atoms with Crippen molar-refractivity contribution in [1.29, 1.82) is 0 Å². The van der Waals surface area contributed by atoms with Gasteiger partial charge in [-0.1, -0.05) is 29.8 Å². The van der Waals surface area contributed by atoms with Gasteiger partial charge in [-0.15, -0.1) is 11.3 Å². The number of aryl methyl sites for hydroxylation is 2. The van der Waals surface area contributed by atoms with Crippen molar-refractivity contribution in [2.24, 2.45) is 0 Å². The third-order valence-electron chi connectivity index (χ3n) is 2.37. The van der Waals surface area contributed by atoms with Gasteiger partial charge in [0.25, 0.3) is 0 Å². The van der Waals surface area contributed by atoms with Crippen molar-refractivity contribution in [1.82, 2.24) is 4.98 Å². The van der Waals surface area contributed by atoms with Crippen LogP contribution in [-0.2, 0) is 11.2 Å². The van der Waals surface area contributed by atoms with Gasteiger partial charge in [-0.2, -0.15) is 0 Å². The summed E-state index contributed by atoms with van der Waals surface area (Å²) in [5.41, 5.74) is 3.40. The fraction of sp³-hybridized carbons (Fsp3) is 0.231. The lowest BCUT2D eigenvalue weighted by atomic mass is 10.2. The number of carbonyl (C=O) groups excluding carboxylic acids is 1. The molecular formula is C13H13NOS. The Labute approximate surface area is 99.0 Å². The average Bonchev–Trinajstić information content (AvgIpc) is 2.76. The van der Waals surface area contributed by atoms with Crippen LogP contribution in [0.3, 0.4) is 0 Å². The molecule has 0 N–H and O–H groups in total. The lowest BCUT2D eigenvalue weighted by molar-refractivity contribution is -0.107. The fourth-order valence-electron chi connectivity index (χ4n) is 1.46. The summed E-state index contributed by atoms with van der Waals surface area (Å²) in [7, 11) is 0. The van der Waals surface area contributed by atoms with E-state index in [0.717, 1.165) is 29.0 Å². The van der Waals surface area contributed by atoms with E-state index in [-0.39, 0.29) is 0 Å². The van der Waals surface area contributed by atoms with Gasteiger partial charge in [0.05, 0.1) is 5.69 Å². The Morgan fingerprint density at radius 3 is 2.75 bits per heavy atom. The van der Waals surface area contributed by atoms with Gasteiger partial charge in [0.15, 0.2) is 0 Å². The summed E-state index contributed by atoms with van der Waals surface area (Å²) in [5, 5.41) is 3.06. The normalized spacial score (nSPS) is 10.3. The van der Waals surface area contributed by atoms with E-state index >= 15 is 0 Å². The van der Waals surface area contributed by atoms with Crippen LogP contribution in [0.15, 0.2) is 29.6 Å². The highest BCUT2D eigenvalue weighted by Crippen LogP contribution is 2.24. The lowest BCUT2D eigenvalue weighted by Crippen LogP contribution is -1.86. The number of nitrogens with zero attached hydrogens (tertiary/aromatic N) is 1. The number of aldehydes is 1. The van der Waals surface area contributed by atoms with E-state index in [4.69, 9.17) is 0 Å². The molecule has 1 aromatic heterocycles. The zero-order chi connectivity index (χ0) is 11.4. The first kappa shape index (κ1) is 11.0. The smallest absolute Gasteiger partial charge is 0.123 e. The third-order valence-corrected chi connectivity index (χ3v) is 3.31. The fourth-order valence-corrected chi connectivity index (χ4v) is 2.32. The Morgan fingerprint density at radius 2 is 2.06 bits per heavy atom. The molecule has 0 amide bonds. The number of aromatic nitrogens is 1. The molecule has 0 aliphatic carbocycles. The Morgan fingerprint density at radius 1 is 1.31 bits per heavy atom. The van der Waals surface area contributed by atoms with Crippen LogP contribution < -0.4 is 0 Å². The van der Waals surface area contributed by atoms with Crippen LogP contribution in [-0.4, -0.2) is 11.3 Å². The van der Waals surface area contributed by atoms with Crippen molar-refractivity contribution in [2.45, 2.75) is 19.8 Å². The van der Waals surface area contributed by atoms with Crippen LogP contribution in [0, 0.1) is 6.92 Å². The number of rotatable bonds is 4. The van der Waals surface area contributed by atoms with Crippen molar-refractivity contribution in [3.63, 3.8) is 0 Å². The molecule has 1 heterocycles. The van der Waals surface area contributed by atoms with E-state index in [1.165, 1.54) is 5.56 Å². The molecule has 0 radical (unpaired) electrons. The Hall–Kier alpha value is -1.48. The van der Waals surface area contributed by atoms with E-state index in [2.05, 4.69) is 36.2 Å². The van der Waals surface area contributed by atoms with Gasteiger partial charge in [0.1, 0.15) is 11.3 Å². The predicted octanol–water partition coefficient (Wildman–Crippen LogP) is 3.25. The lowest BCUT2D eigenvalue weighted by Gasteiger charge is -1.96. The number of carbonyl (C=O) groups is 1. The highest BCUT2D eigenvalue weighted by atomic mass is 32.1. The molecule has 0 saturated carbocycles. The molecule has 0 saturated heterocycles. The second kappa shape index (κ2) is 5.03. The van der Waals surface area contributed by atoms with Gasteiger partial charge < -0.3 is 4.79 Å². The standard InChI is InChI=1S/C13H13NOS/c1-10-4-6-11(7-5-10)13-14-12(9-16-13)3-2-8-15/h4-9H,2-3H2,1H3. The SMILES string of the molecule is Cc1ccc(-c2nc(CCC=O)cs2)cc1. The molecule has 0 spiro atoms. The van der Waals surface area contributed by atoms with Crippen molar-refractivity contribution in [2.75, 3.05) is 0 Å². The van der Waals surface area contributed by atoms with Crippen LogP contribution in [0.1, 0.15) is 17.7 Å². The second-order valence-corrected chi connectivity index (χ2v) is 4.57. The zero-order valence-electron chi connectivity index (χ0n) is 9.14. The van der Waals surface area contributed by atoms with Gasteiger partial charge in [0.2, 0.25) is 0 Å². The number of hydrogen-bond donors (Lipinski definition) is 0. The molecule has 2 nitrogen and oxygen atoms in total. The molecule has 16 heavy (non-hydrogen) atoms. The van der Waals surface area contributed by atoms with Crippen LogP contribution in [0.25, 0.3) is 10.6 Å². The summed E-state index contributed by atoms with van der Waals surface area (Å²) in [6.45, 7) is 2.07. The first-order valence-electron chi connectivity index (χ1n) is 5.24. The number of hydrogen-bond acceptors (Lipinski definition) is 3. The summed E-state index contributed by atoms with van der Waals surface area (Å²) in [6, 6.07) is 8.33. The van der Waals surface area contributed by atoms with E-state index in [9.17, 15) is 4.79 Å². The molecule has 0 fully saturated rings. The van der Waals surface area contributed by atoms with Crippen LogP contribution in [0.4, 0.5) is 0 Å². The van der Waals surface area contributed by atoms with Gasteiger partial charge in [-0.25, -0.2) is 4.98 Å². The van der Waals surface area contributed by atoms with Gasteiger partial charge in [0, 0.05) is 17.4 Å². The number of thiazole rings is 1. The molecule has 0 unspecified atom stereocenters. The van der Waals surface area contributed by atoms with Crippen molar-refractivity contribution in [3.8, 4) is 10.6 Å². The third kappa shape index (κ3) is 2.55. The molecule has 1 aromatic carbocycles. The molecule has 2 rings (SSSR count). The molecule has 0 bridgehead atoms. The average molecular weight is 231 g/mol. The summed E-state index contributed by atoms with van der Waals surface area (Å²) in [5.74, 6) is 0. The van der Waals surface area contributed by atoms with Crippen LogP contribution in [0.2, 0.25) is 0 Å². The van der Waals surface area contributed by atoms with E-state index in [1.807, 2.05) is 5.38 Å². The van der Waals surface area contributed by atoms with Gasteiger partial charge >= 0.3 is 0 Å². The van der Waals surface area contributed by atoms with E-state index in [1.54, 1.807) is 11.3 Å². The Kier molecular flexibility index (Phi) is 3.47. The van der Waals surface area contributed by atoms with E-state index < -0.39 is 0 Å². The quantitative estimate of drug-likeness (QED) is 0.756. The predicted molar refractivity (Wildman–Crippen MR) is 66.7 cm³/mol. The zero-order valence-corrected chi connectivity index (χ0v) is 9.96. The van der Waals surface area contributed by atoms with Crippen LogP contribution in [0.5, 0.6) is 0 Å². The molecule has 0 aliphatic heterocycles. The maximum absolute atomic E-state index is 10.3. The highest BCUT2D eigenvalue weighted by Gasteiger charge is 2.03. The van der Waals surface area contributed by atoms with Crippen molar-refractivity contribution >= 4 is 17.6 Å². The summed E-state index contributed by atoms with van der Waals surface area (Å²) >= 11 is 1.63. The Bertz CT molecular complexity index is 473. The van der Waals surface area contributed by atoms with Crippen molar-refractivity contribution < 1.29 is 4.79 Å². The molecule has 2 aromatic rings. The minimum atomic E-state index is 0.553. The Balaban J connectivity index is 2.17. The largest absolute Gasteiger partial charge is 0.303 e.